The Morgan fingerprint density at radius 1 is 1.60 bits per heavy atom. The van der Waals surface area contributed by atoms with Gasteiger partial charge in [0.1, 0.15) is 5.82 Å². The van der Waals surface area contributed by atoms with E-state index >= 15 is 0 Å². The molecule has 1 heterocycles. The molecule has 0 aliphatic heterocycles. The molecule has 1 unspecified atom stereocenters. The molecule has 1 rings (SSSR count). The maximum atomic E-state index is 6.11. The maximum absolute atomic E-state index is 6.11. The Morgan fingerprint density at radius 2 is 2.33 bits per heavy atom. The smallest absolute Gasteiger partial charge is 0.140 e. The van der Waals surface area contributed by atoms with E-state index in [9.17, 15) is 0 Å². The Kier molecular flexibility index (Phi) is 5.40. The Bertz CT molecular complexity index is 317. The number of nitrogens with one attached hydrogen (secondary N) is 1. The van der Waals surface area contributed by atoms with Crippen LogP contribution >= 0.6 is 27.5 Å². The highest BCUT2D eigenvalue weighted by Gasteiger charge is 2.05. The lowest BCUT2D eigenvalue weighted by Crippen LogP contribution is -2.14. The molecule has 0 amide bonds. The van der Waals surface area contributed by atoms with Gasteiger partial charge in [0.05, 0.1) is 9.85 Å². The van der Waals surface area contributed by atoms with Crippen LogP contribution in [0.4, 0.5) is 5.82 Å². The van der Waals surface area contributed by atoms with Crippen LogP contribution in [0.15, 0.2) is 16.7 Å². The van der Waals surface area contributed by atoms with Gasteiger partial charge in [0.2, 0.25) is 0 Å². The highest BCUT2D eigenvalue weighted by molar-refractivity contribution is 9.10. The fourth-order valence-corrected chi connectivity index (χ4v) is 2.19. The van der Waals surface area contributed by atoms with E-state index in [1.54, 1.807) is 0 Å². The van der Waals surface area contributed by atoms with Crippen LogP contribution in [0.25, 0.3) is 0 Å². The second-order valence-corrected chi connectivity index (χ2v) is 5.08. The van der Waals surface area contributed by atoms with Gasteiger partial charge in [-0.05, 0) is 40.9 Å². The van der Waals surface area contributed by atoms with Crippen molar-refractivity contribution >= 4 is 33.3 Å². The van der Waals surface area contributed by atoms with Gasteiger partial charge in [-0.25, -0.2) is 4.98 Å². The first-order valence-corrected chi connectivity index (χ1v) is 6.36. The van der Waals surface area contributed by atoms with E-state index in [0.29, 0.717) is 0 Å². The first-order chi connectivity index (χ1) is 7.13. The summed E-state index contributed by atoms with van der Waals surface area (Å²) < 4.78 is 0.989. The van der Waals surface area contributed by atoms with E-state index in [4.69, 9.17) is 11.6 Å². The summed E-state index contributed by atoms with van der Waals surface area (Å²) in [6.07, 6.45) is 3.98. The van der Waals surface area contributed by atoms with Gasteiger partial charge < -0.3 is 5.32 Å². The van der Waals surface area contributed by atoms with Crippen molar-refractivity contribution in [1.29, 1.82) is 0 Å². The number of pyridine rings is 1. The number of anilines is 1. The molecular weight excluding hydrogens is 275 g/mol. The van der Waals surface area contributed by atoms with Gasteiger partial charge in [0, 0.05) is 12.7 Å². The zero-order valence-corrected chi connectivity index (χ0v) is 11.4. The van der Waals surface area contributed by atoms with Crippen molar-refractivity contribution in [2.75, 3.05) is 11.9 Å². The second-order valence-electron chi connectivity index (χ2n) is 3.61. The van der Waals surface area contributed by atoms with Crippen molar-refractivity contribution in [2.24, 2.45) is 0 Å². The predicted octanol–water partition coefficient (Wildman–Crippen LogP) is 3.97. The molecule has 0 aliphatic rings. The van der Waals surface area contributed by atoms with Crippen LogP contribution in [0.1, 0.15) is 25.3 Å². The monoisotopic (exact) mass is 290 g/mol. The number of halogens is 2. The molecule has 0 spiro atoms. The molecule has 0 fully saturated rings. The summed E-state index contributed by atoms with van der Waals surface area (Å²) in [5.74, 6) is 0.863. The van der Waals surface area contributed by atoms with Crippen LogP contribution in [0.3, 0.4) is 0 Å². The van der Waals surface area contributed by atoms with Crippen LogP contribution in [0.2, 0.25) is 0 Å². The van der Waals surface area contributed by atoms with Crippen LogP contribution in [-0.4, -0.2) is 16.9 Å². The van der Waals surface area contributed by atoms with E-state index in [1.165, 1.54) is 0 Å². The van der Waals surface area contributed by atoms with Crippen LogP contribution in [0.5, 0.6) is 0 Å². The number of hydrogen-bond donors (Lipinski definition) is 1. The topological polar surface area (TPSA) is 24.9 Å². The average Bonchev–Trinajstić information content (AvgIpc) is 2.17. The van der Waals surface area contributed by atoms with Gasteiger partial charge in [-0.1, -0.05) is 13.3 Å². The molecule has 0 radical (unpaired) electrons. The van der Waals surface area contributed by atoms with E-state index < -0.39 is 0 Å². The van der Waals surface area contributed by atoms with Gasteiger partial charge in [-0.15, -0.1) is 11.6 Å². The summed E-state index contributed by atoms with van der Waals surface area (Å²) in [5, 5.41) is 3.41. The van der Waals surface area contributed by atoms with Gasteiger partial charge >= 0.3 is 0 Å². The highest BCUT2D eigenvalue weighted by Crippen LogP contribution is 2.20. The quantitative estimate of drug-likeness (QED) is 0.830. The number of rotatable bonds is 5. The summed E-state index contributed by atoms with van der Waals surface area (Å²) in [6, 6.07) is 2.04. The van der Waals surface area contributed by atoms with Crippen molar-refractivity contribution < 1.29 is 0 Å². The summed E-state index contributed by atoms with van der Waals surface area (Å²) in [6.45, 7) is 4.91. The Balaban J connectivity index is 2.50. The molecule has 0 saturated heterocycles. The average molecular weight is 292 g/mol. The molecule has 4 heteroatoms. The predicted molar refractivity (Wildman–Crippen MR) is 69.7 cm³/mol. The first-order valence-electron chi connectivity index (χ1n) is 5.13. The van der Waals surface area contributed by atoms with Crippen LogP contribution in [0, 0.1) is 6.92 Å². The van der Waals surface area contributed by atoms with Crippen molar-refractivity contribution in [3.8, 4) is 0 Å². The Morgan fingerprint density at radius 3 is 2.93 bits per heavy atom. The Labute approximate surface area is 105 Å². The third-order valence-electron chi connectivity index (χ3n) is 2.07. The summed E-state index contributed by atoms with van der Waals surface area (Å²) in [4.78, 5) is 4.29. The van der Waals surface area contributed by atoms with Crippen molar-refractivity contribution in [3.63, 3.8) is 0 Å². The standard InChI is InChI=1S/C11H16BrClN2/c1-3-4-9(13)7-15-11-10(12)5-8(2)6-14-11/h5-6,9H,3-4,7H2,1-2H3,(H,14,15). The van der Waals surface area contributed by atoms with Crippen LogP contribution < -0.4 is 5.32 Å². The lowest BCUT2D eigenvalue weighted by Gasteiger charge is -2.11. The minimum Gasteiger partial charge on any atom is -0.368 e. The Hall–Kier alpha value is -0.280. The molecule has 1 N–H and O–H groups in total. The largest absolute Gasteiger partial charge is 0.368 e. The highest BCUT2D eigenvalue weighted by atomic mass is 79.9. The third kappa shape index (κ3) is 4.39. The SMILES string of the molecule is CCCC(Cl)CNc1ncc(C)cc1Br. The molecule has 1 aromatic rings. The normalized spacial score (nSPS) is 12.5. The van der Waals surface area contributed by atoms with Gasteiger partial charge in [0.15, 0.2) is 0 Å². The van der Waals surface area contributed by atoms with Crippen molar-refractivity contribution in [1.82, 2.24) is 4.98 Å². The van der Waals surface area contributed by atoms with E-state index in [2.05, 4.69) is 33.2 Å². The van der Waals surface area contributed by atoms with Gasteiger partial charge in [-0.3, -0.25) is 0 Å². The molecular formula is C11H16BrClN2. The minimum absolute atomic E-state index is 0.171. The first kappa shape index (κ1) is 12.8. The number of aryl methyl sites for hydroxylation is 1. The minimum atomic E-state index is 0.171. The second kappa shape index (κ2) is 6.33. The van der Waals surface area contributed by atoms with E-state index in [-0.39, 0.29) is 5.38 Å². The molecule has 0 saturated carbocycles. The van der Waals surface area contributed by atoms with Gasteiger partial charge in [0.25, 0.3) is 0 Å². The summed E-state index contributed by atoms with van der Waals surface area (Å²) >= 11 is 9.58. The van der Waals surface area contributed by atoms with Crippen LogP contribution in [-0.2, 0) is 0 Å². The number of alkyl halides is 1. The summed E-state index contributed by atoms with van der Waals surface area (Å²) in [5.41, 5.74) is 1.14. The summed E-state index contributed by atoms with van der Waals surface area (Å²) in [7, 11) is 0. The number of aromatic nitrogens is 1. The fraction of sp³-hybridized carbons (Fsp3) is 0.545. The lowest BCUT2D eigenvalue weighted by molar-refractivity contribution is 0.750. The number of nitrogens with zero attached hydrogens (tertiary/aromatic N) is 1. The zero-order valence-electron chi connectivity index (χ0n) is 9.06. The molecule has 0 aliphatic carbocycles. The lowest BCUT2D eigenvalue weighted by atomic mass is 10.2. The third-order valence-corrected chi connectivity index (χ3v) is 3.05. The molecule has 2 nitrogen and oxygen atoms in total. The van der Waals surface area contributed by atoms with E-state index in [0.717, 1.165) is 35.2 Å². The molecule has 15 heavy (non-hydrogen) atoms. The molecule has 84 valence electrons. The molecule has 0 bridgehead atoms. The fourth-order valence-electron chi connectivity index (χ4n) is 1.29. The molecule has 0 aromatic carbocycles. The van der Waals surface area contributed by atoms with E-state index in [1.807, 2.05) is 19.2 Å². The number of hydrogen-bond acceptors (Lipinski definition) is 2. The van der Waals surface area contributed by atoms with Crippen molar-refractivity contribution in [3.05, 3.63) is 22.3 Å². The molecule has 1 aromatic heterocycles. The zero-order chi connectivity index (χ0) is 11.3. The van der Waals surface area contributed by atoms with Crippen molar-refractivity contribution in [2.45, 2.75) is 32.1 Å². The molecule has 1 atom stereocenters. The maximum Gasteiger partial charge on any atom is 0.140 e. The van der Waals surface area contributed by atoms with Gasteiger partial charge in [-0.2, -0.15) is 0 Å².